The van der Waals surface area contributed by atoms with Crippen LogP contribution in [0.1, 0.15) is 82.4 Å². The van der Waals surface area contributed by atoms with Crippen LogP contribution >= 0.6 is 0 Å². The number of fused-ring (bicyclic) bond motifs is 1. The number of hydrogen-bond donors (Lipinski definition) is 0. The van der Waals surface area contributed by atoms with E-state index in [1.165, 1.54) is 36.9 Å². The second-order valence-corrected chi connectivity index (χ2v) is 8.18. The van der Waals surface area contributed by atoms with Crippen molar-refractivity contribution in [1.82, 2.24) is 0 Å². The summed E-state index contributed by atoms with van der Waals surface area (Å²) in [6, 6.07) is 8.39. The maximum Gasteiger partial charge on any atom is 0.130 e. The summed E-state index contributed by atoms with van der Waals surface area (Å²) >= 11 is 0. The molecule has 1 aromatic rings. The highest BCUT2D eigenvalue weighted by atomic mass is 15.2. The predicted molar refractivity (Wildman–Crippen MR) is 109 cm³/mol. The van der Waals surface area contributed by atoms with Crippen molar-refractivity contribution in [1.29, 1.82) is 10.5 Å². The van der Waals surface area contributed by atoms with Gasteiger partial charge in [-0.25, -0.2) is 0 Å². The third-order valence-corrected chi connectivity index (χ3v) is 5.55. The molecule has 26 heavy (non-hydrogen) atoms. The van der Waals surface area contributed by atoms with Crippen molar-refractivity contribution in [2.45, 2.75) is 78.2 Å². The highest BCUT2D eigenvalue weighted by molar-refractivity contribution is 5.70. The van der Waals surface area contributed by atoms with Crippen LogP contribution in [-0.4, -0.2) is 12.1 Å². The van der Waals surface area contributed by atoms with Gasteiger partial charge < -0.3 is 4.90 Å². The maximum absolute atomic E-state index is 9.07. The zero-order chi connectivity index (χ0) is 19.3. The molecule has 1 unspecified atom stereocenters. The molecule has 0 radical (unpaired) electrons. The first-order valence-electron chi connectivity index (χ1n) is 9.78. The van der Waals surface area contributed by atoms with E-state index in [1.807, 2.05) is 12.1 Å². The van der Waals surface area contributed by atoms with Crippen LogP contribution in [0.2, 0.25) is 0 Å². The lowest BCUT2D eigenvalue weighted by Crippen LogP contribution is -2.48. The Kier molecular flexibility index (Phi) is 6.49. The van der Waals surface area contributed by atoms with Gasteiger partial charge in [-0.2, -0.15) is 10.5 Å². The van der Waals surface area contributed by atoms with Crippen LogP contribution in [0.4, 0.5) is 5.69 Å². The maximum atomic E-state index is 9.07. The molecule has 0 fully saturated rings. The number of unbranched alkanes of at least 4 members (excludes halogenated alkanes) is 3. The molecule has 1 atom stereocenters. The van der Waals surface area contributed by atoms with E-state index < -0.39 is 0 Å². The van der Waals surface area contributed by atoms with E-state index >= 15 is 0 Å². The third kappa shape index (κ3) is 4.28. The van der Waals surface area contributed by atoms with E-state index in [1.54, 1.807) is 6.08 Å². The Morgan fingerprint density at radius 2 is 1.92 bits per heavy atom. The fourth-order valence-corrected chi connectivity index (χ4v) is 4.17. The monoisotopic (exact) mass is 349 g/mol. The number of aryl methyl sites for hydroxylation is 1. The molecule has 0 amide bonds. The molecule has 0 saturated carbocycles. The van der Waals surface area contributed by atoms with Crippen LogP contribution in [0.15, 0.2) is 17.7 Å². The Balaban J connectivity index is 2.43. The Bertz CT molecular complexity index is 743. The van der Waals surface area contributed by atoms with Gasteiger partial charge in [0.05, 0.1) is 0 Å². The minimum absolute atomic E-state index is 0.146. The number of anilines is 1. The normalized spacial score (nSPS) is 17.8. The number of hydrogen-bond acceptors (Lipinski definition) is 3. The Morgan fingerprint density at radius 1 is 1.23 bits per heavy atom. The summed E-state index contributed by atoms with van der Waals surface area (Å²) in [5.41, 5.74) is 5.08. The zero-order valence-corrected chi connectivity index (χ0v) is 16.9. The summed E-state index contributed by atoms with van der Waals surface area (Å²) in [6.45, 7) is 12.4. The lowest BCUT2D eigenvalue weighted by molar-refractivity contribution is 0.372. The summed E-state index contributed by atoms with van der Waals surface area (Å²) in [6.07, 6.45) is 7.88. The molecule has 138 valence electrons. The van der Waals surface area contributed by atoms with Gasteiger partial charge in [0.2, 0.25) is 0 Å². The minimum Gasteiger partial charge on any atom is -0.366 e. The van der Waals surface area contributed by atoms with Gasteiger partial charge in [0.15, 0.2) is 0 Å². The first-order valence-corrected chi connectivity index (χ1v) is 9.78. The Hall–Kier alpha value is -2.26. The molecule has 0 saturated heterocycles. The molecule has 3 nitrogen and oxygen atoms in total. The fourth-order valence-electron chi connectivity index (χ4n) is 4.17. The van der Waals surface area contributed by atoms with Gasteiger partial charge in [-0.3, -0.25) is 0 Å². The quantitative estimate of drug-likeness (QED) is 0.460. The summed E-state index contributed by atoms with van der Waals surface area (Å²) in [4.78, 5) is 2.58. The van der Waals surface area contributed by atoms with Crippen LogP contribution in [0.25, 0.3) is 6.08 Å². The van der Waals surface area contributed by atoms with E-state index in [0.717, 1.165) is 24.1 Å². The number of rotatable bonds is 6. The van der Waals surface area contributed by atoms with Crippen molar-refractivity contribution in [2.75, 3.05) is 11.4 Å². The van der Waals surface area contributed by atoms with E-state index in [2.05, 4.69) is 51.7 Å². The summed E-state index contributed by atoms with van der Waals surface area (Å²) in [5, 5.41) is 18.1. The molecule has 1 aliphatic rings. The van der Waals surface area contributed by atoms with Crippen LogP contribution < -0.4 is 4.90 Å². The van der Waals surface area contributed by atoms with E-state index in [4.69, 9.17) is 10.5 Å². The molecule has 3 heteroatoms. The minimum atomic E-state index is 0.146. The topological polar surface area (TPSA) is 50.8 Å². The molecule has 0 aromatic heterocycles. The van der Waals surface area contributed by atoms with Crippen molar-refractivity contribution in [3.8, 4) is 12.1 Å². The van der Waals surface area contributed by atoms with Crippen molar-refractivity contribution in [3.63, 3.8) is 0 Å². The lowest BCUT2D eigenvalue weighted by Gasteiger charge is -2.48. The van der Waals surface area contributed by atoms with Crippen LogP contribution in [-0.2, 0) is 0 Å². The van der Waals surface area contributed by atoms with Crippen molar-refractivity contribution < 1.29 is 0 Å². The van der Waals surface area contributed by atoms with Crippen LogP contribution in [0, 0.1) is 29.6 Å². The van der Waals surface area contributed by atoms with E-state index in [-0.39, 0.29) is 11.1 Å². The van der Waals surface area contributed by atoms with Crippen LogP contribution in [0.5, 0.6) is 0 Å². The highest BCUT2D eigenvalue weighted by Gasteiger charge is 2.36. The smallest absolute Gasteiger partial charge is 0.130 e. The molecule has 0 spiro atoms. The van der Waals surface area contributed by atoms with Gasteiger partial charge in [-0.15, -0.1) is 0 Å². The average Bonchev–Trinajstić information content (AvgIpc) is 2.59. The number of allylic oxidation sites excluding steroid dienone is 1. The molecule has 0 N–H and O–H groups in total. The van der Waals surface area contributed by atoms with Gasteiger partial charge >= 0.3 is 0 Å². The van der Waals surface area contributed by atoms with Crippen molar-refractivity contribution >= 4 is 11.8 Å². The highest BCUT2D eigenvalue weighted by Crippen LogP contribution is 2.44. The molecule has 0 bridgehead atoms. The Labute approximate surface area is 158 Å². The van der Waals surface area contributed by atoms with E-state index in [9.17, 15) is 0 Å². The third-order valence-electron chi connectivity index (χ3n) is 5.55. The number of nitrogens with zero attached hydrogens (tertiary/aromatic N) is 3. The fraction of sp³-hybridized carbons (Fsp3) is 0.565. The largest absolute Gasteiger partial charge is 0.366 e. The van der Waals surface area contributed by atoms with Gasteiger partial charge in [-0.1, -0.05) is 33.1 Å². The summed E-state index contributed by atoms with van der Waals surface area (Å²) in [7, 11) is 0. The molecule has 1 heterocycles. The second-order valence-electron chi connectivity index (χ2n) is 8.18. The summed E-state index contributed by atoms with van der Waals surface area (Å²) < 4.78 is 0. The molecule has 0 aliphatic carbocycles. The first-order chi connectivity index (χ1) is 12.3. The van der Waals surface area contributed by atoms with Gasteiger partial charge in [0, 0.05) is 17.8 Å². The standard InChI is InChI=1S/C23H31N3/c1-6-7-8-9-10-26-22-11-17(2)20(12-19(15-24)16-25)13-21(22)18(3)14-23(26,4)5/h11-13,18H,6-10,14H2,1-5H3. The number of benzene rings is 1. The molecule has 1 aromatic carbocycles. The number of nitriles is 2. The first kappa shape index (κ1) is 20.1. The van der Waals surface area contributed by atoms with Gasteiger partial charge in [0.1, 0.15) is 17.7 Å². The second kappa shape index (κ2) is 8.41. The average molecular weight is 350 g/mol. The van der Waals surface area contributed by atoms with Gasteiger partial charge in [0.25, 0.3) is 0 Å². The molecule has 2 rings (SSSR count). The van der Waals surface area contributed by atoms with Gasteiger partial charge in [-0.05, 0) is 74.4 Å². The summed E-state index contributed by atoms with van der Waals surface area (Å²) in [5.74, 6) is 0.465. The zero-order valence-electron chi connectivity index (χ0n) is 16.9. The molecular formula is C23H31N3. The Morgan fingerprint density at radius 3 is 2.54 bits per heavy atom. The van der Waals surface area contributed by atoms with Crippen molar-refractivity contribution in [2.24, 2.45) is 0 Å². The van der Waals surface area contributed by atoms with Crippen LogP contribution in [0.3, 0.4) is 0 Å². The predicted octanol–water partition coefficient (Wildman–Crippen LogP) is 6.10. The SMILES string of the molecule is CCCCCCN1c2cc(C)c(C=C(C#N)C#N)cc2C(C)CC1(C)C. The molecular weight excluding hydrogens is 318 g/mol. The molecule has 1 aliphatic heterocycles. The lowest BCUT2D eigenvalue weighted by atomic mass is 9.78. The van der Waals surface area contributed by atoms with E-state index in [0.29, 0.717) is 5.92 Å². The van der Waals surface area contributed by atoms with Crippen molar-refractivity contribution in [3.05, 3.63) is 34.4 Å².